The van der Waals surface area contributed by atoms with Gasteiger partial charge in [0, 0.05) is 18.5 Å². The number of rotatable bonds is 13. The minimum Gasteiger partial charge on any atom is -0.453 e. The minimum atomic E-state index is -0.899. The Hall–Kier alpha value is -6.50. The average Bonchev–Trinajstić information content (AvgIpc) is 3.99. The number of aromatic nitrogens is 4. The Morgan fingerprint density at radius 1 is 1.00 bits per heavy atom. The number of fused-ring (bicyclic) bond motifs is 3. The summed E-state index contributed by atoms with van der Waals surface area (Å²) in [4.78, 5) is 69.2. The van der Waals surface area contributed by atoms with Crippen molar-refractivity contribution in [3.05, 3.63) is 108 Å². The van der Waals surface area contributed by atoms with Gasteiger partial charge in [-0.15, -0.1) is 0 Å². The molecule has 7 rings (SSSR count). The number of likely N-dealkylation sites (tertiary alicyclic amines) is 1. The van der Waals surface area contributed by atoms with Crippen LogP contribution in [0.15, 0.2) is 91.1 Å². The van der Waals surface area contributed by atoms with Gasteiger partial charge < -0.3 is 35.1 Å². The van der Waals surface area contributed by atoms with E-state index in [1.54, 1.807) is 28.1 Å². The van der Waals surface area contributed by atoms with Gasteiger partial charge in [0.05, 0.1) is 49.2 Å². The average molecular weight is 727 g/mol. The van der Waals surface area contributed by atoms with E-state index >= 15 is 0 Å². The maximum absolute atomic E-state index is 13.8. The molecule has 1 saturated heterocycles. The molecule has 3 heterocycles. The molecule has 13 heteroatoms. The van der Waals surface area contributed by atoms with Crippen LogP contribution < -0.4 is 10.6 Å². The number of nitrogens with one attached hydrogen (secondary N) is 4. The van der Waals surface area contributed by atoms with E-state index in [0.29, 0.717) is 30.9 Å². The highest BCUT2D eigenvalue weighted by Gasteiger charge is 2.32. The number of hydrogen-bond acceptors (Lipinski definition) is 7. The molecule has 13 nitrogen and oxygen atoms in total. The van der Waals surface area contributed by atoms with Gasteiger partial charge in [-0.2, -0.15) is 0 Å². The molecule has 4 aromatic carbocycles. The molecule has 4 amide bonds. The predicted octanol–water partition coefficient (Wildman–Crippen LogP) is 6.02. The van der Waals surface area contributed by atoms with E-state index in [9.17, 15) is 19.2 Å². The first-order valence-electron chi connectivity index (χ1n) is 18.1. The Labute approximate surface area is 312 Å². The number of hydrogen-bond donors (Lipinski definition) is 4. The molecule has 2 atom stereocenters. The highest BCUT2D eigenvalue weighted by atomic mass is 16.5. The molecular weight excluding hydrogens is 685 g/mol. The molecule has 0 bridgehead atoms. The van der Waals surface area contributed by atoms with Gasteiger partial charge in [-0.25, -0.2) is 14.8 Å². The Bertz CT molecular complexity index is 2280. The third-order valence-corrected chi connectivity index (χ3v) is 9.85. The van der Waals surface area contributed by atoms with Crippen molar-refractivity contribution in [3.63, 3.8) is 0 Å². The first-order valence-corrected chi connectivity index (χ1v) is 18.1. The number of benzene rings is 4. The molecular formula is C41H42N8O5. The van der Waals surface area contributed by atoms with Crippen LogP contribution in [0.25, 0.3) is 44.2 Å². The summed E-state index contributed by atoms with van der Waals surface area (Å²) in [5, 5.41) is 7.27. The zero-order valence-electron chi connectivity index (χ0n) is 30.2. The molecule has 4 N–H and O–H groups in total. The zero-order valence-corrected chi connectivity index (χ0v) is 30.2. The van der Waals surface area contributed by atoms with Gasteiger partial charge in [0.15, 0.2) is 0 Å². The summed E-state index contributed by atoms with van der Waals surface area (Å²) < 4.78 is 4.81. The molecule has 0 radical (unpaired) electrons. The third kappa shape index (κ3) is 7.51. The lowest BCUT2D eigenvalue weighted by molar-refractivity contribution is -0.134. The van der Waals surface area contributed by atoms with E-state index in [0.717, 1.165) is 69.3 Å². The molecule has 2 aromatic heterocycles. The van der Waals surface area contributed by atoms with Crippen LogP contribution in [0.5, 0.6) is 0 Å². The summed E-state index contributed by atoms with van der Waals surface area (Å²) in [5.74, 6) is 1.02. The van der Waals surface area contributed by atoms with Crippen LogP contribution in [0.1, 0.15) is 55.5 Å². The Balaban J connectivity index is 1.06. The van der Waals surface area contributed by atoms with Crippen LogP contribution in [0, 0.1) is 0 Å². The normalized spacial score (nSPS) is 14.6. The standard InChI is InChI=1S/C41H42N8O5/c1-3-19-48(40(52)37(47-41(53)54-2)28-8-5-4-6-9-28)24-35-43-22-33(44-35)27-13-11-26(12-14-27)29-15-17-31-30(21-29)16-18-32-38(31)46-39(45-32)34-10-7-20-49(34)36(51)23-42-25-50/h4-6,8-9,11-18,21-22,25,34,37H,3,7,10,19-20,23-24H2,1-2H3,(H,42,50)(H,43,44)(H,45,46)(H,47,53)/t34-,37+/m0/s1. The Morgan fingerprint density at radius 3 is 2.54 bits per heavy atom. The fraction of sp³-hybridized carbons (Fsp3) is 0.268. The molecule has 0 spiro atoms. The van der Waals surface area contributed by atoms with Gasteiger partial charge in [-0.05, 0) is 59.0 Å². The number of methoxy groups -OCH3 is 1. The first kappa shape index (κ1) is 35.9. The van der Waals surface area contributed by atoms with Crippen LogP contribution in [0.2, 0.25) is 0 Å². The first-order chi connectivity index (χ1) is 26.4. The number of alkyl carbamates (subject to hydrolysis) is 1. The van der Waals surface area contributed by atoms with Crippen LogP contribution in [0.4, 0.5) is 4.79 Å². The predicted molar refractivity (Wildman–Crippen MR) is 205 cm³/mol. The highest BCUT2D eigenvalue weighted by Crippen LogP contribution is 2.34. The fourth-order valence-corrected chi connectivity index (χ4v) is 7.19. The Morgan fingerprint density at radius 2 is 1.78 bits per heavy atom. The van der Waals surface area contributed by atoms with Crippen molar-refractivity contribution in [2.75, 3.05) is 26.7 Å². The van der Waals surface area contributed by atoms with Crippen molar-refractivity contribution in [1.29, 1.82) is 0 Å². The van der Waals surface area contributed by atoms with Crippen molar-refractivity contribution < 1.29 is 23.9 Å². The second-order valence-corrected chi connectivity index (χ2v) is 13.3. The number of carbonyl (C=O) groups is 4. The molecule has 1 fully saturated rings. The van der Waals surface area contributed by atoms with E-state index in [-0.39, 0.29) is 30.9 Å². The van der Waals surface area contributed by atoms with Crippen molar-refractivity contribution in [2.24, 2.45) is 0 Å². The number of amides is 4. The maximum Gasteiger partial charge on any atom is 0.407 e. The summed E-state index contributed by atoms with van der Waals surface area (Å²) >= 11 is 0. The van der Waals surface area contributed by atoms with Gasteiger partial charge in [0.2, 0.25) is 18.2 Å². The second-order valence-electron chi connectivity index (χ2n) is 13.3. The fourth-order valence-electron chi connectivity index (χ4n) is 7.19. The van der Waals surface area contributed by atoms with Crippen LogP contribution in [-0.4, -0.2) is 80.8 Å². The quantitative estimate of drug-likeness (QED) is 0.106. The molecule has 0 unspecified atom stereocenters. The van der Waals surface area contributed by atoms with Crippen LogP contribution in [-0.2, 0) is 25.7 Å². The summed E-state index contributed by atoms with van der Waals surface area (Å²) in [5.41, 5.74) is 6.33. The van der Waals surface area contributed by atoms with Crippen molar-refractivity contribution >= 4 is 46.1 Å². The SMILES string of the molecule is CCCN(Cc1ncc(-c2ccc(-c3ccc4c(ccc5nc([C@@H]6CCCN6C(=O)CNC=O)[nH]c54)c3)cc2)[nH]1)C(=O)[C@H](NC(=O)OC)c1ccccc1. The van der Waals surface area contributed by atoms with E-state index < -0.39 is 12.1 Å². The summed E-state index contributed by atoms with van der Waals surface area (Å²) in [7, 11) is 1.27. The zero-order chi connectivity index (χ0) is 37.6. The van der Waals surface area contributed by atoms with E-state index in [1.165, 1.54) is 7.11 Å². The van der Waals surface area contributed by atoms with E-state index in [4.69, 9.17) is 9.72 Å². The molecule has 0 saturated carbocycles. The molecule has 276 valence electrons. The van der Waals surface area contributed by atoms with Gasteiger partial charge in [0.1, 0.15) is 17.7 Å². The summed E-state index contributed by atoms with van der Waals surface area (Å²) in [6.45, 7) is 3.34. The highest BCUT2D eigenvalue weighted by molar-refractivity contribution is 6.05. The topological polar surface area (TPSA) is 165 Å². The minimum absolute atomic E-state index is 0.0231. The number of carbonyl (C=O) groups excluding carboxylic acids is 4. The number of nitrogens with zero attached hydrogens (tertiary/aromatic N) is 4. The lowest BCUT2D eigenvalue weighted by atomic mass is 9.99. The number of ether oxygens (including phenoxy) is 1. The molecule has 1 aliphatic rings. The lowest BCUT2D eigenvalue weighted by Gasteiger charge is -2.27. The summed E-state index contributed by atoms with van der Waals surface area (Å²) in [6.07, 6.45) is 4.05. The van der Waals surface area contributed by atoms with Crippen LogP contribution in [0.3, 0.4) is 0 Å². The molecule has 0 aliphatic carbocycles. The second kappa shape index (κ2) is 16.0. The van der Waals surface area contributed by atoms with Gasteiger partial charge in [-0.3, -0.25) is 14.4 Å². The maximum atomic E-state index is 13.8. The van der Waals surface area contributed by atoms with Crippen molar-refractivity contribution in [3.8, 4) is 22.4 Å². The van der Waals surface area contributed by atoms with Crippen LogP contribution >= 0.6 is 0 Å². The van der Waals surface area contributed by atoms with Gasteiger partial charge in [-0.1, -0.05) is 79.7 Å². The Kier molecular flexibility index (Phi) is 10.7. The third-order valence-electron chi connectivity index (χ3n) is 9.85. The monoisotopic (exact) mass is 726 g/mol. The smallest absolute Gasteiger partial charge is 0.407 e. The van der Waals surface area contributed by atoms with E-state index in [1.807, 2.05) is 43.3 Å². The van der Waals surface area contributed by atoms with Gasteiger partial charge >= 0.3 is 6.09 Å². The summed E-state index contributed by atoms with van der Waals surface area (Å²) in [6, 6.07) is 26.7. The number of H-pyrrole nitrogens is 2. The van der Waals surface area contributed by atoms with Crippen molar-refractivity contribution in [2.45, 2.75) is 44.8 Å². The van der Waals surface area contributed by atoms with Gasteiger partial charge in [0.25, 0.3) is 0 Å². The lowest BCUT2D eigenvalue weighted by Crippen LogP contribution is -2.43. The largest absolute Gasteiger partial charge is 0.453 e. The number of imidazole rings is 2. The molecule has 54 heavy (non-hydrogen) atoms. The number of aromatic amines is 2. The molecule has 6 aromatic rings. The van der Waals surface area contributed by atoms with E-state index in [2.05, 4.69) is 62.0 Å². The van der Waals surface area contributed by atoms with Crippen molar-refractivity contribution in [1.82, 2.24) is 40.4 Å². The molecule has 1 aliphatic heterocycles.